The normalized spacial score (nSPS) is 15.8. The summed E-state index contributed by atoms with van der Waals surface area (Å²) >= 11 is 0. The average Bonchev–Trinajstić information content (AvgIpc) is 2.44. The molecule has 4 nitrogen and oxygen atoms in total. The molecule has 4 heteroatoms. The topological polar surface area (TPSA) is 53.1 Å². The Morgan fingerprint density at radius 3 is 3.23 bits per heavy atom. The van der Waals surface area contributed by atoms with Crippen LogP contribution in [0.1, 0.15) is 24.7 Å². The molecule has 0 spiro atoms. The molecule has 0 aliphatic carbocycles. The van der Waals surface area contributed by atoms with Gasteiger partial charge < -0.3 is 15.0 Å². The third kappa shape index (κ3) is 1.42. The quantitative estimate of drug-likeness (QED) is 0.739. The van der Waals surface area contributed by atoms with Gasteiger partial charge in [-0.1, -0.05) is 6.92 Å². The molecular formula is C9H15N3O. The minimum Gasteiger partial charge on any atom is -0.375 e. The molecule has 2 heterocycles. The van der Waals surface area contributed by atoms with E-state index in [1.54, 1.807) is 0 Å². The predicted octanol–water partition coefficient (Wildman–Crippen LogP) is 0.948. The minimum atomic E-state index is 0.621. The maximum absolute atomic E-state index is 5.80. The van der Waals surface area contributed by atoms with Crippen LogP contribution in [0.5, 0.6) is 0 Å². The molecule has 0 fully saturated rings. The fraction of sp³-hybridized carbons (Fsp3) is 0.667. The Hall–Kier alpha value is -1.03. The van der Waals surface area contributed by atoms with Crippen LogP contribution in [0, 0.1) is 0 Å². The van der Waals surface area contributed by atoms with Crippen LogP contribution >= 0.6 is 0 Å². The Kier molecular flexibility index (Phi) is 2.22. The molecule has 2 N–H and O–H groups in total. The van der Waals surface area contributed by atoms with Gasteiger partial charge in [0.2, 0.25) is 5.95 Å². The monoisotopic (exact) mass is 181 g/mol. The molecule has 0 amide bonds. The number of hydrogen-bond donors (Lipinski definition) is 1. The van der Waals surface area contributed by atoms with E-state index in [0.29, 0.717) is 12.6 Å². The van der Waals surface area contributed by atoms with E-state index in [1.807, 2.05) is 0 Å². The van der Waals surface area contributed by atoms with Gasteiger partial charge in [-0.2, -0.15) is 0 Å². The van der Waals surface area contributed by atoms with Gasteiger partial charge in [0.05, 0.1) is 18.9 Å². The molecule has 0 radical (unpaired) electrons. The molecule has 0 aromatic carbocycles. The van der Waals surface area contributed by atoms with Crippen LogP contribution in [-0.2, 0) is 24.3 Å². The SMILES string of the molecule is CCCn1c(N)nc2c1CCOC2. The lowest BCUT2D eigenvalue weighted by atomic mass is 10.2. The van der Waals surface area contributed by atoms with E-state index in [2.05, 4.69) is 16.5 Å². The van der Waals surface area contributed by atoms with E-state index in [4.69, 9.17) is 10.5 Å². The predicted molar refractivity (Wildman–Crippen MR) is 50.3 cm³/mol. The molecule has 72 valence electrons. The molecule has 0 unspecified atom stereocenters. The second-order valence-electron chi connectivity index (χ2n) is 3.32. The highest BCUT2D eigenvalue weighted by Gasteiger charge is 2.17. The molecule has 1 aromatic rings. The van der Waals surface area contributed by atoms with E-state index in [9.17, 15) is 0 Å². The van der Waals surface area contributed by atoms with Gasteiger partial charge in [-0.3, -0.25) is 0 Å². The van der Waals surface area contributed by atoms with Crippen molar-refractivity contribution in [1.29, 1.82) is 0 Å². The molecule has 0 saturated carbocycles. The fourth-order valence-corrected chi connectivity index (χ4v) is 1.76. The first-order valence-electron chi connectivity index (χ1n) is 4.74. The largest absolute Gasteiger partial charge is 0.375 e. The van der Waals surface area contributed by atoms with Crippen LogP contribution < -0.4 is 5.73 Å². The third-order valence-corrected chi connectivity index (χ3v) is 2.35. The number of nitrogen functional groups attached to an aromatic ring is 1. The lowest BCUT2D eigenvalue weighted by Gasteiger charge is -2.14. The van der Waals surface area contributed by atoms with Gasteiger partial charge in [-0.25, -0.2) is 4.98 Å². The summed E-state index contributed by atoms with van der Waals surface area (Å²) in [7, 11) is 0. The van der Waals surface area contributed by atoms with Crippen LogP contribution in [0.3, 0.4) is 0 Å². The number of nitrogens with zero attached hydrogens (tertiary/aromatic N) is 2. The Balaban J connectivity index is 2.36. The second-order valence-corrected chi connectivity index (χ2v) is 3.32. The zero-order valence-corrected chi connectivity index (χ0v) is 7.92. The number of ether oxygens (including phenoxy) is 1. The number of nitrogens with two attached hydrogens (primary N) is 1. The van der Waals surface area contributed by atoms with Crippen LogP contribution in [-0.4, -0.2) is 16.2 Å². The van der Waals surface area contributed by atoms with Gasteiger partial charge in [-0.05, 0) is 6.42 Å². The lowest BCUT2D eigenvalue weighted by Crippen LogP contribution is -2.14. The van der Waals surface area contributed by atoms with Crippen LogP contribution in [0.15, 0.2) is 0 Å². The van der Waals surface area contributed by atoms with Crippen molar-refractivity contribution in [3.63, 3.8) is 0 Å². The third-order valence-electron chi connectivity index (χ3n) is 2.35. The summed E-state index contributed by atoms with van der Waals surface area (Å²) in [6, 6.07) is 0. The number of rotatable bonds is 2. The Bertz CT molecular complexity index is 306. The van der Waals surface area contributed by atoms with Crippen molar-refractivity contribution in [2.45, 2.75) is 32.9 Å². The first kappa shape index (κ1) is 8.56. The first-order valence-corrected chi connectivity index (χ1v) is 4.74. The van der Waals surface area contributed by atoms with E-state index in [1.165, 1.54) is 5.69 Å². The molecular weight excluding hydrogens is 166 g/mol. The summed E-state index contributed by atoms with van der Waals surface area (Å²) < 4.78 is 7.42. The number of anilines is 1. The van der Waals surface area contributed by atoms with E-state index in [0.717, 1.165) is 31.7 Å². The molecule has 0 saturated heterocycles. The summed E-state index contributed by atoms with van der Waals surface area (Å²) in [6.07, 6.45) is 2.04. The van der Waals surface area contributed by atoms with Crippen molar-refractivity contribution in [2.24, 2.45) is 0 Å². The van der Waals surface area contributed by atoms with Crippen molar-refractivity contribution >= 4 is 5.95 Å². The van der Waals surface area contributed by atoms with Crippen LogP contribution in [0.2, 0.25) is 0 Å². The molecule has 13 heavy (non-hydrogen) atoms. The average molecular weight is 181 g/mol. The first-order chi connectivity index (χ1) is 6.33. The Labute approximate surface area is 77.7 Å². The highest BCUT2D eigenvalue weighted by atomic mass is 16.5. The standard InChI is InChI=1S/C9H15N3O/c1-2-4-12-8-3-5-13-6-7(8)11-9(12)10/h2-6H2,1H3,(H2,10,11). The summed E-state index contributed by atoms with van der Waals surface area (Å²) in [6.45, 7) is 4.53. The smallest absolute Gasteiger partial charge is 0.200 e. The second kappa shape index (κ2) is 3.38. The molecule has 0 atom stereocenters. The maximum Gasteiger partial charge on any atom is 0.200 e. The maximum atomic E-state index is 5.80. The molecule has 2 rings (SSSR count). The van der Waals surface area contributed by atoms with E-state index in [-0.39, 0.29) is 0 Å². The van der Waals surface area contributed by atoms with Gasteiger partial charge in [0, 0.05) is 18.7 Å². The summed E-state index contributed by atoms with van der Waals surface area (Å²) in [5.74, 6) is 0.636. The lowest BCUT2D eigenvalue weighted by molar-refractivity contribution is 0.106. The number of fused-ring (bicyclic) bond motifs is 1. The van der Waals surface area contributed by atoms with Crippen molar-refractivity contribution in [1.82, 2.24) is 9.55 Å². The number of imidazole rings is 1. The number of aromatic nitrogens is 2. The van der Waals surface area contributed by atoms with Gasteiger partial charge in [0.25, 0.3) is 0 Å². The van der Waals surface area contributed by atoms with Gasteiger partial charge in [0.15, 0.2) is 0 Å². The fourth-order valence-electron chi connectivity index (χ4n) is 1.76. The number of hydrogen-bond acceptors (Lipinski definition) is 3. The zero-order chi connectivity index (χ0) is 9.26. The highest BCUT2D eigenvalue weighted by molar-refractivity contribution is 5.30. The highest BCUT2D eigenvalue weighted by Crippen LogP contribution is 2.19. The summed E-state index contributed by atoms with van der Waals surface area (Å²) in [5.41, 5.74) is 8.10. The van der Waals surface area contributed by atoms with E-state index >= 15 is 0 Å². The minimum absolute atomic E-state index is 0.621. The summed E-state index contributed by atoms with van der Waals surface area (Å²) in [4.78, 5) is 4.29. The Morgan fingerprint density at radius 2 is 2.46 bits per heavy atom. The van der Waals surface area contributed by atoms with Crippen molar-refractivity contribution in [2.75, 3.05) is 12.3 Å². The van der Waals surface area contributed by atoms with Crippen molar-refractivity contribution < 1.29 is 4.74 Å². The molecule has 1 aromatic heterocycles. The van der Waals surface area contributed by atoms with Gasteiger partial charge in [-0.15, -0.1) is 0 Å². The van der Waals surface area contributed by atoms with Gasteiger partial charge >= 0.3 is 0 Å². The zero-order valence-electron chi connectivity index (χ0n) is 7.92. The molecule has 1 aliphatic rings. The van der Waals surface area contributed by atoms with Gasteiger partial charge in [0.1, 0.15) is 0 Å². The van der Waals surface area contributed by atoms with Crippen molar-refractivity contribution in [3.05, 3.63) is 11.4 Å². The molecule has 1 aliphatic heterocycles. The molecule has 0 bridgehead atoms. The van der Waals surface area contributed by atoms with E-state index < -0.39 is 0 Å². The van der Waals surface area contributed by atoms with Crippen LogP contribution in [0.25, 0.3) is 0 Å². The summed E-state index contributed by atoms with van der Waals surface area (Å²) in [5, 5.41) is 0. The van der Waals surface area contributed by atoms with Crippen molar-refractivity contribution in [3.8, 4) is 0 Å². The van der Waals surface area contributed by atoms with Crippen LogP contribution in [0.4, 0.5) is 5.95 Å². The Morgan fingerprint density at radius 1 is 1.62 bits per heavy atom.